The number of rotatable bonds is 7. The first-order valence-electron chi connectivity index (χ1n) is 12.5. The Bertz CT molecular complexity index is 1150. The lowest BCUT2D eigenvalue weighted by Gasteiger charge is -2.32. The first kappa shape index (κ1) is 26.7. The van der Waals surface area contributed by atoms with Crippen molar-refractivity contribution in [2.24, 2.45) is 5.92 Å². The number of aliphatic carboxylic acids is 1. The molecule has 0 unspecified atom stereocenters. The molecule has 0 radical (unpaired) electrons. The smallest absolute Gasteiger partial charge is 0.416 e. The number of hydrogen-bond donors (Lipinski definition) is 1. The number of carboxylic acid groups (broad SMARTS) is 1. The monoisotopic (exact) mass is 517 g/mol. The quantitative estimate of drug-likeness (QED) is 0.518. The van der Waals surface area contributed by atoms with Crippen LogP contribution in [0.3, 0.4) is 0 Å². The average molecular weight is 518 g/mol. The number of carbonyl (C=O) groups excluding carboxylic acids is 2. The second-order valence-corrected chi connectivity index (χ2v) is 9.95. The molecular formula is C28H30F3NO5. The molecule has 0 spiro atoms. The highest BCUT2D eigenvalue weighted by atomic mass is 19.4. The van der Waals surface area contributed by atoms with Crippen LogP contribution in [0, 0.1) is 5.92 Å². The van der Waals surface area contributed by atoms with Crippen molar-refractivity contribution in [2.75, 3.05) is 6.54 Å². The molecule has 1 amide bonds. The molecular weight excluding hydrogens is 487 g/mol. The normalized spacial score (nSPS) is 19.7. The van der Waals surface area contributed by atoms with E-state index < -0.39 is 17.7 Å². The summed E-state index contributed by atoms with van der Waals surface area (Å²) in [5, 5.41) is 8.94. The predicted octanol–water partition coefficient (Wildman–Crippen LogP) is 5.59. The van der Waals surface area contributed by atoms with Gasteiger partial charge in [-0.25, -0.2) is 4.79 Å². The molecule has 2 aromatic carbocycles. The number of Topliss-reactive ketones (excluding diaryl/α,β-unsaturated/α-hetero) is 1. The third-order valence-electron chi connectivity index (χ3n) is 7.18. The summed E-state index contributed by atoms with van der Waals surface area (Å²) in [5.74, 6) is -0.961. The molecule has 37 heavy (non-hydrogen) atoms. The fourth-order valence-electron chi connectivity index (χ4n) is 5.24. The van der Waals surface area contributed by atoms with Crippen LogP contribution in [0.1, 0.15) is 59.9 Å². The van der Waals surface area contributed by atoms with Gasteiger partial charge in [0.15, 0.2) is 0 Å². The number of halogens is 3. The molecule has 0 bridgehead atoms. The minimum Gasteiger partial charge on any atom is -0.481 e. The summed E-state index contributed by atoms with van der Waals surface area (Å²) in [6.07, 6.45) is -1.79. The lowest BCUT2D eigenvalue weighted by Crippen LogP contribution is -2.39. The van der Waals surface area contributed by atoms with E-state index in [2.05, 4.69) is 0 Å². The van der Waals surface area contributed by atoms with Crippen molar-refractivity contribution in [1.82, 2.24) is 4.90 Å². The standard InChI is InChI=1S/C28H30F3NO5/c29-28(30,31)25-4-2-1-3-21(25)16-23(33)14-19-5-8-22-17-32(12-11-20(22)13-19)27(36)37-24-9-6-18(7-10-24)15-26(34)35/h1-5,8,13,18,24H,6-7,9-12,14-17H2,(H,34,35). The molecule has 1 heterocycles. The Kier molecular flexibility index (Phi) is 8.19. The third-order valence-corrected chi connectivity index (χ3v) is 7.18. The highest BCUT2D eigenvalue weighted by molar-refractivity contribution is 5.83. The van der Waals surface area contributed by atoms with Crippen molar-refractivity contribution in [1.29, 1.82) is 0 Å². The van der Waals surface area contributed by atoms with Gasteiger partial charge in [0.1, 0.15) is 11.9 Å². The fraction of sp³-hybridized carbons (Fsp3) is 0.464. The molecule has 1 fully saturated rings. The van der Waals surface area contributed by atoms with E-state index in [1.807, 2.05) is 12.1 Å². The zero-order chi connectivity index (χ0) is 26.6. The van der Waals surface area contributed by atoms with Gasteiger partial charge in [-0.15, -0.1) is 0 Å². The lowest BCUT2D eigenvalue weighted by atomic mass is 9.85. The van der Waals surface area contributed by atoms with Crippen LogP contribution in [-0.4, -0.2) is 40.5 Å². The SMILES string of the molecule is O=C(O)CC1CCC(OC(=O)N2CCc3cc(CC(=O)Cc4ccccc4C(F)(F)F)ccc3C2)CC1. The first-order valence-corrected chi connectivity index (χ1v) is 12.5. The van der Waals surface area contributed by atoms with Crippen LogP contribution in [0.15, 0.2) is 42.5 Å². The van der Waals surface area contributed by atoms with Crippen LogP contribution < -0.4 is 0 Å². The number of amides is 1. The highest BCUT2D eigenvalue weighted by Gasteiger charge is 2.33. The van der Waals surface area contributed by atoms with E-state index in [0.717, 1.165) is 35.6 Å². The zero-order valence-corrected chi connectivity index (χ0v) is 20.4. The van der Waals surface area contributed by atoms with Gasteiger partial charge in [-0.2, -0.15) is 13.2 Å². The van der Waals surface area contributed by atoms with Crippen molar-refractivity contribution < 1.29 is 37.4 Å². The molecule has 1 aliphatic carbocycles. The van der Waals surface area contributed by atoms with E-state index in [4.69, 9.17) is 9.84 Å². The minimum atomic E-state index is -4.50. The van der Waals surface area contributed by atoms with Crippen LogP contribution in [0.5, 0.6) is 0 Å². The van der Waals surface area contributed by atoms with Crippen molar-refractivity contribution in [2.45, 2.75) is 70.2 Å². The number of ether oxygens (including phenoxy) is 1. The Morgan fingerprint density at radius 2 is 1.70 bits per heavy atom. The number of alkyl halides is 3. The topological polar surface area (TPSA) is 83.9 Å². The Morgan fingerprint density at radius 3 is 2.41 bits per heavy atom. The number of hydrogen-bond acceptors (Lipinski definition) is 4. The summed E-state index contributed by atoms with van der Waals surface area (Å²) in [6.45, 7) is 0.853. The Hall–Kier alpha value is -3.36. The van der Waals surface area contributed by atoms with Crippen molar-refractivity contribution in [3.8, 4) is 0 Å². The van der Waals surface area contributed by atoms with Gasteiger partial charge in [0, 0.05) is 32.4 Å². The van der Waals surface area contributed by atoms with E-state index in [-0.39, 0.29) is 48.7 Å². The second-order valence-electron chi connectivity index (χ2n) is 9.95. The Balaban J connectivity index is 1.30. The van der Waals surface area contributed by atoms with Gasteiger partial charge in [-0.1, -0.05) is 36.4 Å². The molecule has 4 rings (SSSR count). The largest absolute Gasteiger partial charge is 0.481 e. The number of carboxylic acids is 1. The van der Waals surface area contributed by atoms with Gasteiger partial charge in [-0.05, 0) is 66.3 Å². The zero-order valence-electron chi connectivity index (χ0n) is 20.4. The second kappa shape index (κ2) is 11.4. The molecule has 1 aliphatic heterocycles. The Morgan fingerprint density at radius 1 is 0.973 bits per heavy atom. The van der Waals surface area contributed by atoms with E-state index in [9.17, 15) is 27.6 Å². The maximum atomic E-state index is 13.2. The number of benzene rings is 2. The summed E-state index contributed by atoms with van der Waals surface area (Å²) >= 11 is 0. The predicted molar refractivity (Wildman–Crippen MR) is 129 cm³/mol. The van der Waals surface area contributed by atoms with Crippen molar-refractivity contribution in [3.63, 3.8) is 0 Å². The molecule has 0 aromatic heterocycles. The van der Waals surface area contributed by atoms with E-state index in [0.29, 0.717) is 32.4 Å². The summed E-state index contributed by atoms with van der Waals surface area (Å²) in [7, 11) is 0. The average Bonchev–Trinajstić information content (AvgIpc) is 2.84. The minimum absolute atomic E-state index is 0.0255. The van der Waals surface area contributed by atoms with E-state index in [1.54, 1.807) is 11.0 Å². The summed E-state index contributed by atoms with van der Waals surface area (Å²) < 4.78 is 45.3. The van der Waals surface area contributed by atoms with Crippen molar-refractivity contribution >= 4 is 17.8 Å². The first-order chi connectivity index (χ1) is 17.6. The summed E-state index contributed by atoms with van der Waals surface area (Å²) in [5.41, 5.74) is 1.89. The van der Waals surface area contributed by atoms with Crippen molar-refractivity contribution in [3.05, 3.63) is 70.3 Å². The molecule has 198 valence electrons. The number of ketones is 1. The summed E-state index contributed by atoms with van der Waals surface area (Å²) in [4.78, 5) is 37.8. The summed E-state index contributed by atoms with van der Waals surface area (Å²) in [6, 6.07) is 10.7. The maximum absolute atomic E-state index is 13.2. The molecule has 2 aromatic rings. The molecule has 0 atom stereocenters. The molecule has 1 N–H and O–H groups in total. The van der Waals surface area contributed by atoms with Gasteiger partial charge in [0.05, 0.1) is 5.56 Å². The van der Waals surface area contributed by atoms with Crippen LogP contribution in [-0.2, 0) is 46.3 Å². The van der Waals surface area contributed by atoms with Gasteiger partial charge < -0.3 is 14.7 Å². The van der Waals surface area contributed by atoms with Crippen LogP contribution in [0.25, 0.3) is 0 Å². The van der Waals surface area contributed by atoms with Gasteiger partial charge >= 0.3 is 18.2 Å². The van der Waals surface area contributed by atoms with Crippen LogP contribution in [0.2, 0.25) is 0 Å². The molecule has 6 nitrogen and oxygen atoms in total. The molecule has 2 aliphatic rings. The third kappa shape index (κ3) is 7.11. The fourth-order valence-corrected chi connectivity index (χ4v) is 5.24. The number of fused-ring (bicyclic) bond motifs is 1. The number of carbonyl (C=O) groups is 3. The molecule has 0 saturated heterocycles. The molecule has 9 heteroatoms. The highest BCUT2D eigenvalue weighted by Crippen LogP contribution is 2.32. The molecule has 1 saturated carbocycles. The number of nitrogens with zero attached hydrogens (tertiary/aromatic N) is 1. The van der Waals surface area contributed by atoms with E-state index in [1.165, 1.54) is 18.2 Å². The Labute approximate surface area is 213 Å². The van der Waals surface area contributed by atoms with E-state index >= 15 is 0 Å². The van der Waals surface area contributed by atoms with Gasteiger partial charge in [0.25, 0.3) is 0 Å². The maximum Gasteiger partial charge on any atom is 0.416 e. The van der Waals surface area contributed by atoms with Gasteiger partial charge in [0.2, 0.25) is 0 Å². The van der Waals surface area contributed by atoms with Crippen LogP contribution >= 0.6 is 0 Å². The van der Waals surface area contributed by atoms with Gasteiger partial charge in [-0.3, -0.25) is 9.59 Å². The lowest BCUT2D eigenvalue weighted by molar-refractivity contribution is -0.139. The van der Waals surface area contributed by atoms with Crippen LogP contribution in [0.4, 0.5) is 18.0 Å².